The Hall–Kier alpha value is -1.81. The fraction of sp³-hybridized carbons (Fsp3) is 0.188. The number of rotatable bonds is 3. The van der Waals surface area contributed by atoms with Crippen LogP contribution in [0.1, 0.15) is 11.4 Å². The van der Waals surface area contributed by atoms with E-state index in [1.165, 1.54) is 5.56 Å². The molecule has 0 atom stereocenters. The Morgan fingerprint density at radius 3 is 2.55 bits per heavy atom. The van der Waals surface area contributed by atoms with Gasteiger partial charge in [-0.25, -0.2) is 4.98 Å². The summed E-state index contributed by atoms with van der Waals surface area (Å²) < 4.78 is 3.06. The number of benzene rings is 1. The van der Waals surface area contributed by atoms with Gasteiger partial charge >= 0.3 is 0 Å². The van der Waals surface area contributed by atoms with E-state index < -0.39 is 0 Å². The Morgan fingerprint density at radius 2 is 1.85 bits per heavy atom. The molecular formula is C16H16BrN3. The van der Waals surface area contributed by atoms with E-state index in [1.807, 2.05) is 20.2 Å². The second-order valence-electron chi connectivity index (χ2n) is 4.99. The quantitative estimate of drug-likeness (QED) is 0.729. The molecule has 0 spiro atoms. The number of anilines is 1. The third kappa shape index (κ3) is 2.31. The molecule has 4 heteroatoms. The summed E-state index contributed by atoms with van der Waals surface area (Å²) in [5.74, 6) is 1.04. The minimum Gasteiger partial charge on any atom is -0.376 e. The van der Waals surface area contributed by atoms with Crippen LogP contribution < -0.4 is 4.90 Å². The number of hydrogen-bond donors (Lipinski definition) is 0. The van der Waals surface area contributed by atoms with Crippen molar-refractivity contribution in [3.8, 4) is 0 Å². The molecule has 1 aromatic carbocycles. The number of hydrogen-bond acceptors (Lipinski definition) is 2. The van der Waals surface area contributed by atoms with Gasteiger partial charge in [-0.15, -0.1) is 0 Å². The first-order valence-electron chi connectivity index (χ1n) is 6.53. The van der Waals surface area contributed by atoms with Gasteiger partial charge in [-0.2, -0.15) is 0 Å². The number of imidazole rings is 1. The average Bonchev–Trinajstić information content (AvgIpc) is 2.77. The predicted molar refractivity (Wildman–Crippen MR) is 86.5 cm³/mol. The lowest BCUT2D eigenvalue weighted by Gasteiger charge is -2.14. The number of aromatic nitrogens is 2. The van der Waals surface area contributed by atoms with E-state index in [9.17, 15) is 0 Å². The molecular weight excluding hydrogens is 314 g/mol. The monoisotopic (exact) mass is 329 g/mol. The zero-order chi connectivity index (χ0) is 14.1. The van der Waals surface area contributed by atoms with E-state index in [-0.39, 0.29) is 0 Å². The Balaban J connectivity index is 2.12. The van der Waals surface area contributed by atoms with E-state index in [1.54, 1.807) is 0 Å². The highest BCUT2D eigenvalue weighted by molar-refractivity contribution is 9.10. The number of halogens is 1. The Bertz CT molecular complexity index is 732. The normalized spacial score (nSPS) is 10.9. The lowest BCUT2D eigenvalue weighted by atomic mass is 10.1. The maximum atomic E-state index is 4.68. The minimum absolute atomic E-state index is 0.824. The van der Waals surface area contributed by atoms with Crippen LogP contribution in [0.25, 0.3) is 5.52 Å². The van der Waals surface area contributed by atoms with Gasteiger partial charge in [0.2, 0.25) is 0 Å². The molecule has 0 saturated carbocycles. The van der Waals surface area contributed by atoms with E-state index in [4.69, 9.17) is 0 Å². The molecule has 0 aliphatic heterocycles. The molecule has 3 aromatic rings. The topological polar surface area (TPSA) is 20.5 Å². The first kappa shape index (κ1) is 13.2. The van der Waals surface area contributed by atoms with Crippen molar-refractivity contribution in [1.82, 2.24) is 9.38 Å². The van der Waals surface area contributed by atoms with Crippen molar-refractivity contribution in [2.45, 2.75) is 6.42 Å². The van der Waals surface area contributed by atoms with Crippen LogP contribution in [-0.2, 0) is 6.42 Å². The van der Waals surface area contributed by atoms with Crippen molar-refractivity contribution in [3.05, 3.63) is 64.7 Å². The summed E-state index contributed by atoms with van der Waals surface area (Å²) in [6, 6.07) is 14.6. The van der Waals surface area contributed by atoms with Crippen LogP contribution in [-0.4, -0.2) is 23.5 Å². The Morgan fingerprint density at radius 1 is 1.10 bits per heavy atom. The van der Waals surface area contributed by atoms with Gasteiger partial charge in [0.1, 0.15) is 15.9 Å². The zero-order valence-corrected chi connectivity index (χ0v) is 13.1. The number of nitrogens with zero attached hydrogens (tertiary/aromatic N) is 3. The molecule has 0 unspecified atom stereocenters. The van der Waals surface area contributed by atoms with Gasteiger partial charge in [0, 0.05) is 26.7 Å². The van der Waals surface area contributed by atoms with Crippen molar-refractivity contribution in [2.75, 3.05) is 19.0 Å². The molecule has 3 rings (SSSR count). The van der Waals surface area contributed by atoms with Crippen molar-refractivity contribution in [2.24, 2.45) is 0 Å². The van der Waals surface area contributed by atoms with Crippen LogP contribution in [0.15, 0.2) is 53.3 Å². The summed E-state index contributed by atoms with van der Waals surface area (Å²) in [4.78, 5) is 6.79. The van der Waals surface area contributed by atoms with Gasteiger partial charge < -0.3 is 9.30 Å². The third-order valence-corrected chi connectivity index (χ3v) is 3.91. The molecule has 2 aromatic heterocycles. The minimum atomic E-state index is 0.824. The molecule has 20 heavy (non-hydrogen) atoms. The summed E-state index contributed by atoms with van der Waals surface area (Å²) in [7, 11) is 4.09. The molecule has 0 aliphatic carbocycles. The van der Waals surface area contributed by atoms with Crippen LogP contribution >= 0.6 is 15.9 Å². The largest absolute Gasteiger partial charge is 0.376 e. The molecule has 0 amide bonds. The molecule has 0 saturated heterocycles. The van der Waals surface area contributed by atoms with Crippen molar-refractivity contribution in [1.29, 1.82) is 0 Å². The fourth-order valence-corrected chi connectivity index (χ4v) is 3.00. The first-order chi connectivity index (χ1) is 9.66. The standard InChI is InChI=1S/C16H16BrN3/c1-19(2)13-9-6-10-20-14(18-16(17)15(13)20)11-12-7-4-3-5-8-12/h3-10H,11H2,1-2H3. The fourth-order valence-electron chi connectivity index (χ4n) is 2.40. The molecule has 0 bridgehead atoms. The molecule has 0 aliphatic rings. The Labute approximate surface area is 127 Å². The lowest BCUT2D eigenvalue weighted by Crippen LogP contribution is -2.10. The van der Waals surface area contributed by atoms with E-state index in [0.717, 1.165) is 28.1 Å². The van der Waals surface area contributed by atoms with Gasteiger partial charge in [0.25, 0.3) is 0 Å². The van der Waals surface area contributed by atoms with E-state index in [2.05, 4.69) is 72.8 Å². The van der Waals surface area contributed by atoms with Gasteiger partial charge in [-0.05, 0) is 33.6 Å². The second-order valence-corrected chi connectivity index (χ2v) is 5.74. The highest BCUT2D eigenvalue weighted by atomic mass is 79.9. The summed E-state index contributed by atoms with van der Waals surface area (Å²) in [6.07, 6.45) is 2.89. The van der Waals surface area contributed by atoms with Crippen molar-refractivity contribution in [3.63, 3.8) is 0 Å². The summed E-state index contributed by atoms with van der Waals surface area (Å²) in [5.41, 5.74) is 3.54. The summed E-state index contributed by atoms with van der Waals surface area (Å²) in [5, 5.41) is 0. The number of pyridine rings is 1. The zero-order valence-electron chi connectivity index (χ0n) is 11.5. The lowest BCUT2D eigenvalue weighted by molar-refractivity contribution is 0.956. The SMILES string of the molecule is CN(C)c1cccn2c(Cc3ccccc3)nc(Br)c12. The van der Waals surface area contributed by atoms with Gasteiger partial charge in [-0.3, -0.25) is 0 Å². The molecule has 3 nitrogen and oxygen atoms in total. The van der Waals surface area contributed by atoms with Crippen LogP contribution in [0, 0.1) is 0 Å². The molecule has 102 valence electrons. The molecule has 0 N–H and O–H groups in total. The van der Waals surface area contributed by atoms with Crippen LogP contribution in [0.3, 0.4) is 0 Å². The Kier molecular flexibility index (Phi) is 3.49. The number of fused-ring (bicyclic) bond motifs is 1. The highest BCUT2D eigenvalue weighted by Crippen LogP contribution is 2.28. The van der Waals surface area contributed by atoms with Crippen molar-refractivity contribution >= 4 is 27.1 Å². The molecule has 0 radical (unpaired) electrons. The van der Waals surface area contributed by atoms with E-state index in [0.29, 0.717) is 0 Å². The van der Waals surface area contributed by atoms with Crippen molar-refractivity contribution < 1.29 is 0 Å². The predicted octanol–water partition coefficient (Wildman–Crippen LogP) is 3.75. The summed E-state index contributed by atoms with van der Waals surface area (Å²) in [6.45, 7) is 0. The smallest absolute Gasteiger partial charge is 0.134 e. The van der Waals surface area contributed by atoms with Gasteiger partial charge in [-0.1, -0.05) is 30.3 Å². The third-order valence-electron chi connectivity index (χ3n) is 3.36. The summed E-state index contributed by atoms with van der Waals surface area (Å²) >= 11 is 3.59. The molecule has 2 heterocycles. The van der Waals surface area contributed by atoms with Gasteiger partial charge in [0.15, 0.2) is 0 Å². The van der Waals surface area contributed by atoms with Crippen LogP contribution in [0.2, 0.25) is 0 Å². The second kappa shape index (κ2) is 5.29. The highest BCUT2D eigenvalue weighted by Gasteiger charge is 2.13. The van der Waals surface area contributed by atoms with Crippen LogP contribution in [0.4, 0.5) is 5.69 Å². The average molecular weight is 330 g/mol. The first-order valence-corrected chi connectivity index (χ1v) is 7.33. The van der Waals surface area contributed by atoms with Gasteiger partial charge in [0.05, 0.1) is 5.69 Å². The maximum absolute atomic E-state index is 4.68. The van der Waals surface area contributed by atoms with Crippen LogP contribution in [0.5, 0.6) is 0 Å². The molecule has 0 fully saturated rings. The van der Waals surface area contributed by atoms with E-state index >= 15 is 0 Å². The maximum Gasteiger partial charge on any atom is 0.134 e.